The molecule has 1 atom stereocenters. The Balaban J connectivity index is 1.72. The molecule has 0 aromatic heterocycles. The van der Waals surface area contributed by atoms with E-state index in [1.54, 1.807) is 19.1 Å². The molecule has 2 heterocycles. The summed E-state index contributed by atoms with van der Waals surface area (Å²) in [6, 6.07) is 12.8. The summed E-state index contributed by atoms with van der Waals surface area (Å²) in [6.07, 6.45) is 0. The number of para-hydroxylation sites is 1. The van der Waals surface area contributed by atoms with E-state index < -0.39 is 0 Å². The molecule has 1 fully saturated rings. The molecule has 2 aliphatic rings. The minimum Gasteiger partial charge on any atom is -0.320 e. The van der Waals surface area contributed by atoms with E-state index in [0.29, 0.717) is 22.1 Å². The van der Waals surface area contributed by atoms with Gasteiger partial charge in [0.1, 0.15) is 5.82 Å². The second-order valence-electron chi connectivity index (χ2n) is 5.74. The molecular formula is C18H13FN4O2S. The minimum atomic E-state index is -0.390. The molecule has 8 heteroatoms. The smallest absolute Gasteiger partial charge is 0.276 e. The van der Waals surface area contributed by atoms with Crippen LogP contribution >= 0.6 is 11.8 Å². The fraction of sp³-hybridized carbons (Fsp3) is 0.111. The number of thioether (sulfide) groups is 1. The van der Waals surface area contributed by atoms with E-state index in [9.17, 15) is 14.0 Å². The average Bonchev–Trinajstić information content (AvgIpc) is 3.10. The summed E-state index contributed by atoms with van der Waals surface area (Å²) < 4.78 is 13.2. The van der Waals surface area contributed by atoms with Crippen LogP contribution in [-0.2, 0) is 9.59 Å². The zero-order chi connectivity index (χ0) is 18.3. The summed E-state index contributed by atoms with van der Waals surface area (Å²) in [6.45, 7) is 1.76. The highest BCUT2D eigenvalue weighted by Crippen LogP contribution is 2.32. The lowest BCUT2D eigenvalue weighted by Crippen LogP contribution is -2.31. The molecule has 2 aromatic carbocycles. The van der Waals surface area contributed by atoms with Crippen LogP contribution < -0.4 is 10.2 Å². The van der Waals surface area contributed by atoms with E-state index in [-0.39, 0.29) is 28.6 Å². The summed E-state index contributed by atoms with van der Waals surface area (Å²) >= 11 is 1.24. The fourth-order valence-electron chi connectivity index (χ4n) is 2.73. The number of fused-ring (bicyclic) bond motifs is 1. The molecule has 0 saturated carbocycles. The van der Waals surface area contributed by atoms with Gasteiger partial charge in [-0.3, -0.25) is 14.5 Å². The predicted octanol–water partition coefficient (Wildman–Crippen LogP) is 3.01. The van der Waals surface area contributed by atoms with Crippen molar-refractivity contribution < 1.29 is 14.0 Å². The Kier molecular flexibility index (Phi) is 4.04. The maximum absolute atomic E-state index is 13.2. The van der Waals surface area contributed by atoms with E-state index in [2.05, 4.69) is 15.5 Å². The number of amides is 2. The Bertz CT molecular complexity index is 971. The van der Waals surface area contributed by atoms with E-state index in [1.807, 2.05) is 12.1 Å². The standard InChI is InChI=1S/C18H13FN4O2S/c1-10-17(25)23(12-8-6-11(19)7-9-12)18(26-10)22-21-15-13-4-2-3-5-14(13)20-16(15)24/h2-10H,1H3,(H,20,21,24)/b22-18+. The monoisotopic (exact) mass is 368 g/mol. The van der Waals surface area contributed by atoms with Crippen molar-refractivity contribution in [1.82, 2.24) is 0 Å². The molecule has 2 amide bonds. The van der Waals surface area contributed by atoms with Crippen molar-refractivity contribution in [2.45, 2.75) is 12.2 Å². The third kappa shape index (κ3) is 2.78. The number of nitrogens with one attached hydrogen (secondary N) is 1. The molecule has 2 aromatic rings. The summed E-state index contributed by atoms with van der Waals surface area (Å²) in [5.74, 6) is -0.901. The lowest BCUT2D eigenvalue weighted by Gasteiger charge is -2.15. The Hall–Kier alpha value is -3.00. The molecule has 0 radical (unpaired) electrons. The molecular weight excluding hydrogens is 355 g/mol. The van der Waals surface area contributed by atoms with Gasteiger partial charge in [-0.1, -0.05) is 30.0 Å². The zero-order valence-corrected chi connectivity index (χ0v) is 14.5. The highest BCUT2D eigenvalue weighted by molar-refractivity contribution is 8.16. The van der Waals surface area contributed by atoms with Crippen molar-refractivity contribution in [3.8, 4) is 0 Å². The Morgan fingerprint density at radius 3 is 2.58 bits per heavy atom. The summed E-state index contributed by atoms with van der Waals surface area (Å²) in [5.41, 5.74) is 2.04. The Labute approximate surface area is 152 Å². The van der Waals surface area contributed by atoms with Crippen molar-refractivity contribution in [3.05, 3.63) is 59.9 Å². The van der Waals surface area contributed by atoms with Crippen LogP contribution in [0.5, 0.6) is 0 Å². The van der Waals surface area contributed by atoms with Crippen molar-refractivity contribution in [1.29, 1.82) is 0 Å². The van der Waals surface area contributed by atoms with Gasteiger partial charge in [0.2, 0.25) is 5.91 Å². The molecule has 2 aliphatic heterocycles. The van der Waals surface area contributed by atoms with Crippen LogP contribution in [-0.4, -0.2) is 27.9 Å². The highest BCUT2D eigenvalue weighted by Gasteiger charge is 2.36. The maximum atomic E-state index is 13.2. The van der Waals surface area contributed by atoms with Crippen LogP contribution in [0, 0.1) is 5.82 Å². The number of anilines is 2. The number of amidine groups is 1. The highest BCUT2D eigenvalue weighted by atomic mass is 32.2. The lowest BCUT2D eigenvalue weighted by molar-refractivity contribution is -0.116. The number of benzene rings is 2. The number of carbonyl (C=O) groups is 2. The fourth-order valence-corrected chi connectivity index (χ4v) is 3.64. The van der Waals surface area contributed by atoms with Crippen LogP contribution in [0.1, 0.15) is 12.5 Å². The molecule has 0 spiro atoms. The van der Waals surface area contributed by atoms with Crippen molar-refractivity contribution in [2.24, 2.45) is 10.2 Å². The molecule has 26 heavy (non-hydrogen) atoms. The first-order valence-electron chi connectivity index (χ1n) is 7.87. The largest absolute Gasteiger partial charge is 0.320 e. The first kappa shape index (κ1) is 16.5. The van der Waals surface area contributed by atoms with E-state index in [0.717, 1.165) is 0 Å². The van der Waals surface area contributed by atoms with Crippen LogP contribution in [0.3, 0.4) is 0 Å². The van der Waals surface area contributed by atoms with Gasteiger partial charge in [0.25, 0.3) is 5.91 Å². The Morgan fingerprint density at radius 2 is 1.81 bits per heavy atom. The molecule has 4 rings (SSSR count). The molecule has 1 N–H and O–H groups in total. The number of halogens is 1. The van der Waals surface area contributed by atoms with Crippen LogP contribution in [0.25, 0.3) is 0 Å². The minimum absolute atomic E-state index is 0.170. The number of rotatable bonds is 2. The molecule has 0 aliphatic carbocycles. The van der Waals surface area contributed by atoms with Gasteiger partial charge in [-0.15, -0.1) is 10.2 Å². The van der Waals surface area contributed by atoms with Crippen LogP contribution in [0.15, 0.2) is 58.7 Å². The van der Waals surface area contributed by atoms with Crippen molar-refractivity contribution >= 4 is 45.8 Å². The van der Waals surface area contributed by atoms with Gasteiger partial charge in [0.05, 0.1) is 16.6 Å². The first-order valence-corrected chi connectivity index (χ1v) is 8.75. The maximum Gasteiger partial charge on any atom is 0.276 e. The van der Waals surface area contributed by atoms with E-state index >= 15 is 0 Å². The van der Waals surface area contributed by atoms with Crippen LogP contribution in [0.2, 0.25) is 0 Å². The van der Waals surface area contributed by atoms with Gasteiger partial charge < -0.3 is 5.32 Å². The summed E-state index contributed by atoms with van der Waals surface area (Å²) in [5, 5.41) is 11.0. The third-order valence-electron chi connectivity index (χ3n) is 4.01. The predicted molar refractivity (Wildman–Crippen MR) is 100.0 cm³/mol. The second-order valence-corrected chi connectivity index (χ2v) is 7.05. The van der Waals surface area contributed by atoms with Gasteiger partial charge in [0, 0.05) is 5.56 Å². The van der Waals surface area contributed by atoms with Gasteiger partial charge >= 0.3 is 0 Å². The summed E-state index contributed by atoms with van der Waals surface area (Å²) in [4.78, 5) is 26.0. The van der Waals surface area contributed by atoms with Gasteiger partial charge in [-0.25, -0.2) is 4.39 Å². The topological polar surface area (TPSA) is 74.1 Å². The number of hydrogen-bond acceptors (Lipinski definition) is 5. The van der Waals surface area contributed by atoms with E-state index in [1.165, 1.54) is 40.9 Å². The number of nitrogens with zero attached hydrogens (tertiary/aromatic N) is 3. The van der Waals surface area contributed by atoms with Gasteiger partial charge in [-0.05, 0) is 37.3 Å². The second kappa shape index (κ2) is 6.38. The average molecular weight is 368 g/mol. The van der Waals surface area contributed by atoms with Crippen molar-refractivity contribution in [3.63, 3.8) is 0 Å². The lowest BCUT2D eigenvalue weighted by atomic mass is 10.1. The normalized spacial score (nSPS) is 22.2. The number of hydrogen-bond donors (Lipinski definition) is 1. The quantitative estimate of drug-likeness (QED) is 0.828. The molecule has 1 unspecified atom stereocenters. The van der Waals surface area contributed by atoms with Crippen LogP contribution in [0.4, 0.5) is 15.8 Å². The molecule has 130 valence electrons. The number of carbonyl (C=O) groups excluding carboxylic acids is 2. The van der Waals surface area contributed by atoms with E-state index in [4.69, 9.17) is 0 Å². The van der Waals surface area contributed by atoms with Gasteiger partial charge in [0.15, 0.2) is 10.9 Å². The molecule has 6 nitrogen and oxygen atoms in total. The third-order valence-corrected chi connectivity index (χ3v) is 5.04. The van der Waals surface area contributed by atoms with Crippen molar-refractivity contribution in [2.75, 3.05) is 10.2 Å². The SMILES string of the molecule is CC1S/C(=N/N=C2\C(=O)Nc3ccccc32)N(c2ccc(F)cc2)C1=O. The van der Waals surface area contributed by atoms with Gasteiger partial charge in [-0.2, -0.15) is 0 Å². The zero-order valence-electron chi connectivity index (χ0n) is 13.6. The molecule has 1 saturated heterocycles. The first-order chi connectivity index (χ1) is 12.5. The Morgan fingerprint density at radius 1 is 1.08 bits per heavy atom. The molecule has 0 bridgehead atoms. The summed E-state index contributed by atoms with van der Waals surface area (Å²) in [7, 11) is 0.